The molecule has 1 aliphatic heterocycles. The third kappa shape index (κ3) is 3.62. The quantitative estimate of drug-likeness (QED) is 0.925. The third-order valence-corrected chi connectivity index (χ3v) is 4.29. The molecule has 0 radical (unpaired) electrons. The molecule has 1 saturated heterocycles. The number of nitrogens with zero attached hydrogens (tertiary/aromatic N) is 2. The van der Waals surface area contributed by atoms with E-state index in [4.69, 9.17) is 0 Å². The van der Waals surface area contributed by atoms with Gasteiger partial charge >= 0.3 is 0 Å². The Hall–Kier alpha value is -1.23. The number of aromatic nitrogens is 1. The van der Waals surface area contributed by atoms with Crippen LogP contribution in [-0.2, 0) is 13.0 Å². The molecule has 1 aromatic heterocycles. The number of hydrogen-bond donors (Lipinski definition) is 1. The summed E-state index contributed by atoms with van der Waals surface area (Å²) in [5.74, 6) is 0. The summed E-state index contributed by atoms with van der Waals surface area (Å²) in [5.41, 5.74) is 3.33. The van der Waals surface area contributed by atoms with Crippen LogP contribution in [0.15, 0.2) is 42.0 Å². The number of hydrogen-bond acceptors (Lipinski definition) is 4. The van der Waals surface area contributed by atoms with Gasteiger partial charge in [0.05, 0.1) is 5.51 Å². The largest absolute Gasteiger partial charge is 0.311 e. The standard InChI is InChI=1S/C15H19N3S/c1-2-4-13(5-3-1)8-14-10-18(7-6-17-14)11-15-9-16-12-19-15/h1-5,9,12,14,17H,6-8,10-11H2. The van der Waals surface area contributed by atoms with Crippen molar-refractivity contribution in [2.24, 2.45) is 0 Å². The van der Waals surface area contributed by atoms with E-state index in [1.54, 1.807) is 11.3 Å². The molecule has 3 rings (SSSR count). The van der Waals surface area contributed by atoms with Gasteiger partial charge in [0.1, 0.15) is 0 Å². The van der Waals surface area contributed by atoms with Crippen molar-refractivity contribution in [3.05, 3.63) is 52.5 Å². The molecule has 2 heterocycles. The summed E-state index contributed by atoms with van der Waals surface area (Å²) in [6.07, 6.45) is 3.10. The third-order valence-electron chi connectivity index (χ3n) is 3.53. The molecule has 0 bridgehead atoms. The van der Waals surface area contributed by atoms with Gasteiger partial charge in [-0.3, -0.25) is 9.88 Å². The fraction of sp³-hybridized carbons (Fsp3) is 0.400. The number of benzene rings is 1. The molecule has 0 amide bonds. The zero-order valence-corrected chi connectivity index (χ0v) is 11.8. The van der Waals surface area contributed by atoms with Crippen molar-refractivity contribution in [2.45, 2.75) is 19.0 Å². The first-order chi connectivity index (χ1) is 9.40. The van der Waals surface area contributed by atoms with Crippen molar-refractivity contribution < 1.29 is 0 Å². The highest BCUT2D eigenvalue weighted by molar-refractivity contribution is 7.09. The molecule has 0 spiro atoms. The molecule has 0 saturated carbocycles. The Morgan fingerprint density at radius 3 is 3.00 bits per heavy atom. The van der Waals surface area contributed by atoms with E-state index in [9.17, 15) is 0 Å². The van der Waals surface area contributed by atoms with Gasteiger partial charge in [-0.1, -0.05) is 30.3 Å². The normalized spacial score (nSPS) is 20.5. The van der Waals surface area contributed by atoms with Gasteiger partial charge in [0.25, 0.3) is 0 Å². The highest BCUT2D eigenvalue weighted by atomic mass is 32.1. The summed E-state index contributed by atoms with van der Waals surface area (Å²) in [4.78, 5) is 8.04. The Morgan fingerprint density at radius 1 is 1.32 bits per heavy atom. The Balaban J connectivity index is 1.56. The highest BCUT2D eigenvalue weighted by Crippen LogP contribution is 2.13. The van der Waals surface area contributed by atoms with Crippen molar-refractivity contribution in [1.82, 2.24) is 15.2 Å². The lowest BCUT2D eigenvalue weighted by Gasteiger charge is -2.33. The van der Waals surface area contributed by atoms with Crippen LogP contribution in [0.25, 0.3) is 0 Å². The monoisotopic (exact) mass is 273 g/mol. The maximum atomic E-state index is 4.15. The molecule has 0 aliphatic carbocycles. The van der Waals surface area contributed by atoms with Crippen molar-refractivity contribution in [3.8, 4) is 0 Å². The predicted molar refractivity (Wildman–Crippen MR) is 79.3 cm³/mol. The molecular formula is C15H19N3S. The zero-order chi connectivity index (χ0) is 12.9. The van der Waals surface area contributed by atoms with E-state index in [1.807, 2.05) is 11.7 Å². The van der Waals surface area contributed by atoms with E-state index in [0.717, 1.165) is 32.6 Å². The predicted octanol–water partition coefficient (Wildman–Crippen LogP) is 2.16. The number of nitrogens with one attached hydrogen (secondary N) is 1. The van der Waals surface area contributed by atoms with Gasteiger partial charge in [0, 0.05) is 43.3 Å². The molecule has 1 N–H and O–H groups in total. The molecule has 100 valence electrons. The van der Waals surface area contributed by atoms with Crippen LogP contribution >= 0.6 is 11.3 Å². The molecule has 1 fully saturated rings. The van der Waals surface area contributed by atoms with Gasteiger partial charge < -0.3 is 5.32 Å². The van der Waals surface area contributed by atoms with Crippen molar-refractivity contribution in [2.75, 3.05) is 19.6 Å². The highest BCUT2D eigenvalue weighted by Gasteiger charge is 2.19. The van der Waals surface area contributed by atoms with Crippen LogP contribution in [0.4, 0.5) is 0 Å². The second kappa shape index (κ2) is 6.28. The topological polar surface area (TPSA) is 28.2 Å². The van der Waals surface area contributed by atoms with E-state index in [2.05, 4.69) is 45.5 Å². The number of thiazole rings is 1. The summed E-state index contributed by atoms with van der Waals surface area (Å²) in [7, 11) is 0. The van der Waals surface area contributed by atoms with Crippen LogP contribution in [0.1, 0.15) is 10.4 Å². The van der Waals surface area contributed by atoms with Gasteiger partial charge in [-0.2, -0.15) is 0 Å². The maximum absolute atomic E-state index is 4.15. The fourth-order valence-electron chi connectivity index (χ4n) is 2.61. The van der Waals surface area contributed by atoms with Crippen LogP contribution in [0.5, 0.6) is 0 Å². The summed E-state index contributed by atoms with van der Waals surface area (Å²) in [6.45, 7) is 4.37. The lowest BCUT2D eigenvalue weighted by atomic mass is 10.0. The second-order valence-electron chi connectivity index (χ2n) is 5.04. The second-order valence-corrected chi connectivity index (χ2v) is 6.01. The van der Waals surface area contributed by atoms with Crippen molar-refractivity contribution in [3.63, 3.8) is 0 Å². The average molecular weight is 273 g/mol. The summed E-state index contributed by atoms with van der Waals surface area (Å²) in [5, 5.41) is 3.62. The molecule has 19 heavy (non-hydrogen) atoms. The summed E-state index contributed by atoms with van der Waals surface area (Å²) < 4.78 is 0. The minimum absolute atomic E-state index is 0.559. The minimum atomic E-state index is 0.559. The zero-order valence-electron chi connectivity index (χ0n) is 11.0. The van der Waals surface area contributed by atoms with Crippen molar-refractivity contribution >= 4 is 11.3 Å². The fourth-order valence-corrected chi connectivity index (χ4v) is 3.25. The SMILES string of the molecule is c1ccc(CC2CN(Cc3cncs3)CCN2)cc1. The van der Waals surface area contributed by atoms with E-state index in [0.29, 0.717) is 6.04 Å². The van der Waals surface area contributed by atoms with Gasteiger partial charge in [-0.15, -0.1) is 11.3 Å². The van der Waals surface area contributed by atoms with E-state index in [1.165, 1.54) is 10.4 Å². The molecule has 1 aromatic carbocycles. The van der Waals surface area contributed by atoms with Crippen LogP contribution in [0.3, 0.4) is 0 Å². The molecule has 1 unspecified atom stereocenters. The van der Waals surface area contributed by atoms with Gasteiger partial charge in [0.2, 0.25) is 0 Å². The molecule has 1 aliphatic rings. The Bertz CT molecular complexity index is 483. The van der Waals surface area contributed by atoms with Crippen LogP contribution in [0.2, 0.25) is 0 Å². The Kier molecular flexibility index (Phi) is 4.23. The first kappa shape index (κ1) is 12.8. The Morgan fingerprint density at radius 2 is 2.21 bits per heavy atom. The number of rotatable bonds is 4. The molecule has 1 atom stereocenters. The molecule has 4 heteroatoms. The molecule has 2 aromatic rings. The number of piperazine rings is 1. The maximum Gasteiger partial charge on any atom is 0.0794 e. The van der Waals surface area contributed by atoms with Crippen molar-refractivity contribution in [1.29, 1.82) is 0 Å². The summed E-state index contributed by atoms with van der Waals surface area (Å²) in [6, 6.07) is 11.3. The average Bonchev–Trinajstić information content (AvgIpc) is 2.93. The lowest BCUT2D eigenvalue weighted by Crippen LogP contribution is -2.51. The van der Waals surface area contributed by atoms with E-state index in [-0.39, 0.29) is 0 Å². The molecular weight excluding hydrogens is 254 g/mol. The Labute approximate surface area is 118 Å². The van der Waals surface area contributed by atoms with E-state index >= 15 is 0 Å². The van der Waals surface area contributed by atoms with E-state index < -0.39 is 0 Å². The van der Waals surface area contributed by atoms with Crippen LogP contribution in [-0.4, -0.2) is 35.6 Å². The van der Waals surface area contributed by atoms with Gasteiger partial charge in [-0.25, -0.2) is 0 Å². The van der Waals surface area contributed by atoms with Crippen LogP contribution in [0, 0.1) is 0 Å². The first-order valence-corrected chi connectivity index (χ1v) is 7.65. The minimum Gasteiger partial charge on any atom is -0.311 e. The van der Waals surface area contributed by atoms with Gasteiger partial charge in [-0.05, 0) is 12.0 Å². The summed E-state index contributed by atoms with van der Waals surface area (Å²) >= 11 is 1.75. The lowest BCUT2D eigenvalue weighted by molar-refractivity contribution is 0.193. The van der Waals surface area contributed by atoms with Crippen LogP contribution < -0.4 is 5.32 Å². The molecule has 3 nitrogen and oxygen atoms in total. The first-order valence-electron chi connectivity index (χ1n) is 6.77. The van der Waals surface area contributed by atoms with Gasteiger partial charge in [0.15, 0.2) is 0 Å². The smallest absolute Gasteiger partial charge is 0.0794 e.